The van der Waals surface area contributed by atoms with Crippen LogP contribution in [0.25, 0.3) is 11.1 Å². The number of aliphatic carboxylic acids is 1. The number of unbranched alkanes of at least 4 members (excludes halogenated alkanes) is 2. The Hall–Kier alpha value is -5.05. The number of ether oxygens (including phenoxy) is 1. The number of amides is 2. The molecule has 9 heteroatoms. The number of hydrogen-bond acceptors (Lipinski definition) is 4. The van der Waals surface area contributed by atoms with E-state index < -0.39 is 29.7 Å². The van der Waals surface area contributed by atoms with Crippen molar-refractivity contribution in [1.29, 1.82) is 0 Å². The van der Waals surface area contributed by atoms with Gasteiger partial charge in [0, 0.05) is 18.5 Å². The molecule has 0 aromatic heterocycles. The van der Waals surface area contributed by atoms with Gasteiger partial charge in [0.05, 0.1) is 12.2 Å². The summed E-state index contributed by atoms with van der Waals surface area (Å²) in [6.07, 6.45) is 1.64. The van der Waals surface area contributed by atoms with E-state index in [1.54, 1.807) is 41.3 Å². The van der Waals surface area contributed by atoms with Crippen LogP contribution >= 0.6 is 0 Å². The Bertz CT molecular complexity index is 1630. The van der Waals surface area contributed by atoms with Gasteiger partial charge >= 0.3 is 5.97 Å². The van der Waals surface area contributed by atoms with E-state index in [1.807, 2.05) is 38.1 Å². The van der Waals surface area contributed by atoms with Gasteiger partial charge in [-0.1, -0.05) is 75.2 Å². The molecule has 1 atom stereocenters. The van der Waals surface area contributed by atoms with E-state index >= 15 is 0 Å². The van der Waals surface area contributed by atoms with Crippen molar-refractivity contribution in [2.24, 2.45) is 0 Å². The van der Waals surface area contributed by atoms with Crippen molar-refractivity contribution in [3.8, 4) is 16.9 Å². The third-order valence-electron chi connectivity index (χ3n) is 7.44. The van der Waals surface area contributed by atoms with Crippen LogP contribution in [0.15, 0.2) is 97.1 Å². The first-order valence-electron chi connectivity index (χ1n) is 15.4. The van der Waals surface area contributed by atoms with Crippen LogP contribution < -0.4 is 14.5 Å². The Morgan fingerprint density at radius 3 is 1.78 bits per heavy atom. The molecule has 7 nitrogen and oxygen atoms in total. The molecule has 0 spiro atoms. The summed E-state index contributed by atoms with van der Waals surface area (Å²) in [4.78, 5) is 41.0. The van der Waals surface area contributed by atoms with Gasteiger partial charge < -0.3 is 14.7 Å². The van der Waals surface area contributed by atoms with Crippen molar-refractivity contribution in [2.45, 2.75) is 65.1 Å². The second-order valence-electron chi connectivity index (χ2n) is 10.9. The number of benzene rings is 4. The van der Waals surface area contributed by atoms with Gasteiger partial charge in [-0.05, 0) is 78.1 Å². The van der Waals surface area contributed by atoms with Gasteiger partial charge in [0.15, 0.2) is 0 Å². The summed E-state index contributed by atoms with van der Waals surface area (Å²) in [7, 11) is 0. The molecule has 240 valence electrons. The van der Waals surface area contributed by atoms with Gasteiger partial charge in [0.2, 0.25) is 11.8 Å². The summed E-state index contributed by atoms with van der Waals surface area (Å²) < 4.78 is 33.8. The maximum atomic E-state index is 14.0. The lowest BCUT2D eigenvalue weighted by molar-refractivity contribution is -0.147. The van der Waals surface area contributed by atoms with E-state index in [9.17, 15) is 28.3 Å². The molecule has 0 radical (unpaired) electrons. The van der Waals surface area contributed by atoms with Gasteiger partial charge in [-0.3, -0.25) is 14.5 Å². The predicted molar refractivity (Wildman–Crippen MR) is 174 cm³/mol. The van der Waals surface area contributed by atoms with Gasteiger partial charge in [0.25, 0.3) is 6.23 Å². The average molecular weight is 629 g/mol. The number of anilines is 2. The topological polar surface area (TPSA) is 87.2 Å². The van der Waals surface area contributed by atoms with Crippen LogP contribution in [0.3, 0.4) is 0 Å². The van der Waals surface area contributed by atoms with Crippen molar-refractivity contribution in [3.05, 3.63) is 114 Å². The molecule has 4 aromatic rings. The highest BCUT2D eigenvalue weighted by atomic mass is 19.1. The Morgan fingerprint density at radius 2 is 1.24 bits per heavy atom. The molecule has 0 saturated heterocycles. The first kappa shape index (κ1) is 33.8. The SMILES string of the molecule is CCCCC(=O)N(Cc1ccc(-c2ccc(OC(C(=O)O)N(C(=O)CCCC)c3cccc(F)c3)cc2)cc1)c1cccc(F)c1. The number of rotatable bonds is 15. The highest BCUT2D eigenvalue weighted by molar-refractivity contribution is 5.98. The lowest BCUT2D eigenvalue weighted by atomic mass is 10.0. The lowest BCUT2D eigenvalue weighted by Crippen LogP contribution is -2.49. The molecule has 1 unspecified atom stereocenters. The summed E-state index contributed by atoms with van der Waals surface area (Å²) in [5.41, 5.74) is 3.16. The van der Waals surface area contributed by atoms with E-state index in [2.05, 4.69) is 0 Å². The highest BCUT2D eigenvalue weighted by Crippen LogP contribution is 2.27. The van der Waals surface area contributed by atoms with Crippen LogP contribution in [-0.2, 0) is 20.9 Å². The van der Waals surface area contributed by atoms with Crippen LogP contribution in [0.2, 0.25) is 0 Å². The van der Waals surface area contributed by atoms with Crippen LogP contribution in [0.5, 0.6) is 5.75 Å². The second kappa shape index (κ2) is 16.3. The molecule has 4 aromatic carbocycles. The number of nitrogens with zero attached hydrogens (tertiary/aromatic N) is 2. The summed E-state index contributed by atoms with van der Waals surface area (Å²) in [6, 6.07) is 25.6. The van der Waals surface area contributed by atoms with E-state index in [1.165, 1.54) is 30.3 Å². The van der Waals surface area contributed by atoms with Crippen molar-refractivity contribution in [1.82, 2.24) is 0 Å². The fraction of sp³-hybridized carbons (Fsp3) is 0.270. The van der Waals surface area contributed by atoms with Gasteiger partial charge in [-0.25, -0.2) is 13.6 Å². The number of halogens is 2. The first-order chi connectivity index (χ1) is 22.2. The second-order valence-corrected chi connectivity index (χ2v) is 10.9. The smallest absolute Gasteiger partial charge is 0.367 e. The van der Waals surface area contributed by atoms with E-state index in [0.717, 1.165) is 46.9 Å². The van der Waals surface area contributed by atoms with Crippen LogP contribution in [0.4, 0.5) is 20.2 Å². The molecule has 0 aliphatic rings. The molecule has 0 heterocycles. The zero-order valence-electron chi connectivity index (χ0n) is 26.0. The normalized spacial score (nSPS) is 11.5. The predicted octanol–water partition coefficient (Wildman–Crippen LogP) is 8.37. The Labute approximate surface area is 268 Å². The minimum Gasteiger partial charge on any atom is -0.477 e. The average Bonchev–Trinajstić information content (AvgIpc) is 3.05. The third kappa shape index (κ3) is 9.00. The number of hydrogen-bond donors (Lipinski definition) is 1. The maximum Gasteiger partial charge on any atom is 0.367 e. The molecule has 4 rings (SSSR count). The molecule has 0 saturated carbocycles. The minimum atomic E-state index is -1.71. The van der Waals surface area contributed by atoms with E-state index in [4.69, 9.17) is 4.74 Å². The Balaban J connectivity index is 1.51. The summed E-state index contributed by atoms with van der Waals surface area (Å²) in [6.45, 7) is 4.21. The van der Waals surface area contributed by atoms with Crippen molar-refractivity contribution in [2.75, 3.05) is 9.80 Å². The van der Waals surface area contributed by atoms with E-state index in [0.29, 0.717) is 18.5 Å². The van der Waals surface area contributed by atoms with Crippen molar-refractivity contribution in [3.63, 3.8) is 0 Å². The highest BCUT2D eigenvalue weighted by Gasteiger charge is 2.33. The van der Waals surface area contributed by atoms with Gasteiger partial charge in [-0.15, -0.1) is 0 Å². The maximum absolute atomic E-state index is 14.0. The number of carboxylic acids is 1. The van der Waals surface area contributed by atoms with Gasteiger partial charge in [-0.2, -0.15) is 0 Å². The summed E-state index contributed by atoms with van der Waals surface area (Å²) >= 11 is 0. The summed E-state index contributed by atoms with van der Waals surface area (Å²) in [5.74, 6) is -2.75. The zero-order valence-corrected chi connectivity index (χ0v) is 26.0. The fourth-order valence-electron chi connectivity index (χ4n) is 4.97. The molecular weight excluding hydrogens is 590 g/mol. The standard InChI is InChI=1S/C37H38F2N2O5/c1-3-5-13-34(42)40(31-11-7-9-29(38)23-31)25-26-15-17-27(18-16-26)28-19-21-33(22-20-28)46-36(37(44)45)41(35(43)14-6-4-2)32-12-8-10-30(39)24-32/h7-12,15-24,36H,3-6,13-14,25H2,1-2H3,(H,44,45). The Morgan fingerprint density at radius 1 is 0.717 bits per heavy atom. The molecule has 0 fully saturated rings. The number of carbonyl (C=O) groups excluding carboxylic acids is 2. The quantitative estimate of drug-likeness (QED) is 0.134. The fourth-order valence-corrected chi connectivity index (χ4v) is 4.97. The number of carbonyl (C=O) groups is 3. The molecule has 0 aliphatic carbocycles. The summed E-state index contributed by atoms with van der Waals surface area (Å²) in [5, 5.41) is 10.0. The molecule has 2 amide bonds. The Kier molecular flexibility index (Phi) is 12.0. The monoisotopic (exact) mass is 628 g/mol. The van der Waals surface area contributed by atoms with Crippen LogP contribution in [-0.4, -0.2) is 29.1 Å². The molecule has 0 aliphatic heterocycles. The van der Waals surface area contributed by atoms with Crippen LogP contribution in [0, 0.1) is 11.6 Å². The number of carboxylic acid groups (broad SMARTS) is 1. The third-order valence-corrected chi connectivity index (χ3v) is 7.44. The molecule has 1 N–H and O–H groups in total. The van der Waals surface area contributed by atoms with Crippen LogP contribution in [0.1, 0.15) is 57.9 Å². The van der Waals surface area contributed by atoms with Crippen molar-refractivity contribution >= 4 is 29.2 Å². The van der Waals surface area contributed by atoms with Gasteiger partial charge in [0.1, 0.15) is 17.4 Å². The molecule has 46 heavy (non-hydrogen) atoms. The van der Waals surface area contributed by atoms with Crippen molar-refractivity contribution < 1.29 is 33.0 Å². The molecule has 0 bridgehead atoms. The van der Waals surface area contributed by atoms with E-state index in [-0.39, 0.29) is 30.3 Å². The first-order valence-corrected chi connectivity index (χ1v) is 15.4. The zero-order chi connectivity index (χ0) is 33.1. The minimum absolute atomic E-state index is 0.0743. The molecular formula is C37H38F2N2O5. The lowest BCUT2D eigenvalue weighted by Gasteiger charge is -2.29. The largest absolute Gasteiger partial charge is 0.477 e.